The second-order valence-electron chi connectivity index (χ2n) is 5.56. The van der Waals surface area contributed by atoms with E-state index in [-0.39, 0.29) is 24.0 Å². The highest BCUT2D eigenvalue weighted by atomic mass is 127. The van der Waals surface area contributed by atoms with Crippen LogP contribution in [-0.2, 0) is 0 Å². The predicted octanol–water partition coefficient (Wildman–Crippen LogP) is 3.29. The Balaban J connectivity index is 0.00000484. The maximum absolute atomic E-state index is 5.70. The Morgan fingerprint density at radius 1 is 1.22 bits per heavy atom. The van der Waals surface area contributed by atoms with Gasteiger partial charge in [0.2, 0.25) is 0 Å². The Morgan fingerprint density at radius 2 is 1.91 bits per heavy atom. The molecule has 1 unspecified atom stereocenters. The number of benzene rings is 1. The average molecular weight is 435 g/mol. The average Bonchev–Trinajstić information content (AvgIpc) is 2.53. The van der Waals surface area contributed by atoms with Crippen molar-refractivity contribution in [2.24, 2.45) is 10.9 Å². The lowest BCUT2D eigenvalue weighted by Gasteiger charge is -2.20. The molecule has 1 atom stereocenters. The Morgan fingerprint density at radius 3 is 2.52 bits per heavy atom. The van der Waals surface area contributed by atoms with E-state index < -0.39 is 0 Å². The Kier molecular flexibility index (Phi) is 11.6. The van der Waals surface area contributed by atoms with Gasteiger partial charge in [-0.3, -0.25) is 4.99 Å². The molecule has 0 aromatic heterocycles. The molecule has 0 aliphatic heterocycles. The first kappa shape index (κ1) is 21.8. The maximum atomic E-state index is 5.70. The molecule has 132 valence electrons. The molecule has 0 spiro atoms. The highest BCUT2D eigenvalue weighted by Crippen LogP contribution is 2.18. The summed E-state index contributed by atoms with van der Waals surface area (Å²) in [5, 5.41) is 6.67. The smallest absolute Gasteiger partial charge is 0.191 e. The zero-order valence-corrected chi connectivity index (χ0v) is 17.1. The number of hydrogen-bond donors (Lipinski definition) is 2. The number of methoxy groups -OCH3 is 1. The quantitative estimate of drug-likeness (QED) is 0.285. The van der Waals surface area contributed by atoms with E-state index >= 15 is 0 Å². The van der Waals surface area contributed by atoms with Crippen LogP contribution in [0.1, 0.15) is 27.2 Å². The summed E-state index contributed by atoms with van der Waals surface area (Å²) in [6.07, 6.45) is 0.897. The lowest BCUT2D eigenvalue weighted by Crippen LogP contribution is -2.44. The number of hydrogen-bond acceptors (Lipinski definition) is 3. The van der Waals surface area contributed by atoms with E-state index in [1.54, 1.807) is 14.2 Å². The van der Waals surface area contributed by atoms with Crippen LogP contribution in [0.4, 0.5) is 0 Å². The normalized spacial score (nSPS) is 12.3. The molecule has 0 amide bonds. The van der Waals surface area contributed by atoms with Crippen molar-refractivity contribution in [1.82, 2.24) is 10.6 Å². The first-order chi connectivity index (χ1) is 10.6. The maximum Gasteiger partial charge on any atom is 0.191 e. The largest absolute Gasteiger partial charge is 0.497 e. The third-order valence-corrected chi connectivity index (χ3v) is 3.51. The summed E-state index contributed by atoms with van der Waals surface area (Å²) in [5.74, 6) is 3.04. The molecule has 1 rings (SSSR count). The molecular formula is C17H30IN3O2. The number of aliphatic imine (C=N–C) groups is 1. The molecule has 0 saturated heterocycles. The topological polar surface area (TPSA) is 54.9 Å². The summed E-state index contributed by atoms with van der Waals surface area (Å²) >= 11 is 0. The summed E-state index contributed by atoms with van der Waals surface area (Å²) in [5.41, 5.74) is 0. The second-order valence-corrected chi connectivity index (χ2v) is 5.56. The fourth-order valence-corrected chi connectivity index (χ4v) is 1.74. The summed E-state index contributed by atoms with van der Waals surface area (Å²) < 4.78 is 10.9. The number of nitrogens with one attached hydrogen (secondary N) is 2. The van der Waals surface area contributed by atoms with E-state index in [0.717, 1.165) is 30.4 Å². The zero-order chi connectivity index (χ0) is 16.4. The van der Waals surface area contributed by atoms with Crippen molar-refractivity contribution in [2.75, 3.05) is 27.3 Å². The van der Waals surface area contributed by atoms with E-state index in [0.29, 0.717) is 18.6 Å². The van der Waals surface area contributed by atoms with E-state index in [1.807, 2.05) is 24.3 Å². The molecule has 0 heterocycles. The van der Waals surface area contributed by atoms with Gasteiger partial charge in [-0.2, -0.15) is 0 Å². The lowest BCUT2D eigenvalue weighted by molar-refractivity contribution is 0.308. The van der Waals surface area contributed by atoms with Gasteiger partial charge in [0.25, 0.3) is 0 Å². The van der Waals surface area contributed by atoms with Crippen molar-refractivity contribution in [3.8, 4) is 11.5 Å². The third kappa shape index (κ3) is 8.88. The van der Waals surface area contributed by atoms with E-state index in [2.05, 4.69) is 36.4 Å². The summed E-state index contributed by atoms with van der Waals surface area (Å²) in [4.78, 5) is 4.23. The van der Waals surface area contributed by atoms with Crippen molar-refractivity contribution >= 4 is 29.9 Å². The first-order valence-corrected chi connectivity index (χ1v) is 7.80. The van der Waals surface area contributed by atoms with Crippen LogP contribution in [0.2, 0.25) is 0 Å². The van der Waals surface area contributed by atoms with Gasteiger partial charge in [-0.1, -0.05) is 19.9 Å². The minimum atomic E-state index is 0. The summed E-state index contributed by atoms with van der Waals surface area (Å²) in [7, 11) is 3.44. The van der Waals surface area contributed by atoms with E-state index in [4.69, 9.17) is 9.47 Å². The fourth-order valence-electron chi connectivity index (χ4n) is 1.74. The summed E-state index contributed by atoms with van der Waals surface area (Å²) in [6.45, 7) is 7.99. The van der Waals surface area contributed by atoms with Crippen LogP contribution in [0.15, 0.2) is 29.3 Å². The van der Waals surface area contributed by atoms with Crippen LogP contribution in [0, 0.1) is 5.92 Å². The molecule has 1 aromatic carbocycles. The van der Waals surface area contributed by atoms with Crippen molar-refractivity contribution in [3.63, 3.8) is 0 Å². The van der Waals surface area contributed by atoms with Crippen LogP contribution in [0.25, 0.3) is 0 Å². The molecule has 1 aromatic rings. The molecular weight excluding hydrogens is 405 g/mol. The van der Waals surface area contributed by atoms with Crippen molar-refractivity contribution in [1.29, 1.82) is 0 Å². The SMILES string of the molecule is CN=C(NCCCOc1cccc(OC)c1)NC(C)C(C)C.I. The third-order valence-electron chi connectivity index (χ3n) is 3.51. The lowest BCUT2D eigenvalue weighted by atomic mass is 10.1. The molecule has 5 nitrogen and oxygen atoms in total. The Bertz CT molecular complexity index is 467. The van der Waals surface area contributed by atoms with Gasteiger partial charge in [-0.15, -0.1) is 24.0 Å². The van der Waals surface area contributed by atoms with Gasteiger partial charge in [0.15, 0.2) is 5.96 Å². The van der Waals surface area contributed by atoms with Gasteiger partial charge in [0, 0.05) is 25.7 Å². The fraction of sp³-hybridized carbons (Fsp3) is 0.588. The number of ether oxygens (including phenoxy) is 2. The van der Waals surface area contributed by atoms with Gasteiger partial charge in [0.05, 0.1) is 13.7 Å². The van der Waals surface area contributed by atoms with Crippen LogP contribution < -0.4 is 20.1 Å². The highest BCUT2D eigenvalue weighted by molar-refractivity contribution is 14.0. The van der Waals surface area contributed by atoms with Crippen LogP contribution in [-0.4, -0.2) is 39.3 Å². The number of rotatable bonds is 8. The zero-order valence-electron chi connectivity index (χ0n) is 14.8. The molecule has 0 fully saturated rings. The van der Waals surface area contributed by atoms with Crippen LogP contribution in [0.3, 0.4) is 0 Å². The van der Waals surface area contributed by atoms with Gasteiger partial charge >= 0.3 is 0 Å². The van der Waals surface area contributed by atoms with E-state index in [1.165, 1.54) is 0 Å². The van der Waals surface area contributed by atoms with Crippen LogP contribution >= 0.6 is 24.0 Å². The molecule has 0 aliphatic carbocycles. The van der Waals surface area contributed by atoms with E-state index in [9.17, 15) is 0 Å². The van der Waals surface area contributed by atoms with Crippen molar-refractivity contribution in [2.45, 2.75) is 33.2 Å². The van der Waals surface area contributed by atoms with Crippen molar-refractivity contribution in [3.05, 3.63) is 24.3 Å². The minimum absolute atomic E-state index is 0. The Labute approximate surface area is 157 Å². The summed E-state index contributed by atoms with van der Waals surface area (Å²) in [6, 6.07) is 8.03. The minimum Gasteiger partial charge on any atom is -0.497 e. The molecule has 2 N–H and O–H groups in total. The molecule has 0 radical (unpaired) electrons. The Hall–Kier alpha value is -1.18. The highest BCUT2D eigenvalue weighted by Gasteiger charge is 2.08. The van der Waals surface area contributed by atoms with Crippen LogP contribution in [0.5, 0.6) is 11.5 Å². The van der Waals surface area contributed by atoms with Gasteiger partial charge in [-0.05, 0) is 31.4 Å². The standard InChI is InChI=1S/C17H29N3O2.HI/c1-13(2)14(3)20-17(18-4)19-10-7-11-22-16-9-6-8-15(12-16)21-5;/h6,8-9,12-14H,7,10-11H2,1-5H3,(H2,18,19,20);1H. The van der Waals surface area contributed by atoms with Gasteiger partial charge in [0.1, 0.15) is 11.5 Å². The number of guanidine groups is 1. The molecule has 23 heavy (non-hydrogen) atoms. The first-order valence-electron chi connectivity index (χ1n) is 7.80. The predicted molar refractivity (Wildman–Crippen MR) is 107 cm³/mol. The van der Waals surface area contributed by atoms with Gasteiger partial charge < -0.3 is 20.1 Å². The van der Waals surface area contributed by atoms with Gasteiger partial charge in [-0.25, -0.2) is 0 Å². The second kappa shape index (κ2) is 12.3. The number of halogens is 1. The van der Waals surface area contributed by atoms with Crippen molar-refractivity contribution < 1.29 is 9.47 Å². The number of nitrogens with zero attached hydrogens (tertiary/aromatic N) is 1. The molecule has 0 saturated carbocycles. The monoisotopic (exact) mass is 435 g/mol. The molecule has 0 bridgehead atoms. The molecule has 6 heteroatoms. The molecule has 0 aliphatic rings.